The maximum atomic E-state index is 13.2. The average Bonchev–Trinajstić information content (AvgIpc) is 3.36. The van der Waals surface area contributed by atoms with Crippen molar-refractivity contribution in [3.63, 3.8) is 0 Å². The maximum absolute atomic E-state index is 13.2. The Balaban J connectivity index is 1.51. The third-order valence-corrected chi connectivity index (χ3v) is 7.60. The Morgan fingerprint density at radius 3 is 2.67 bits per heavy atom. The highest BCUT2D eigenvalue weighted by Crippen LogP contribution is 2.40. The summed E-state index contributed by atoms with van der Waals surface area (Å²) in [7, 11) is -5.01. The Hall–Kier alpha value is -3.76. The molecule has 3 heterocycles. The molecule has 2 fully saturated rings. The van der Waals surface area contributed by atoms with Gasteiger partial charge in [-0.3, -0.25) is 14.1 Å². The van der Waals surface area contributed by atoms with Crippen LogP contribution < -0.4 is 22.1 Å². The first-order valence-corrected chi connectivity index (χ1v) is 13.9. The number of nitrogens with one attached hydrogen (secondary N) is 2. The number of hydrogen-bond donors (Lipinski definition) is 7. The first kappa shape index (κ1) is 29.2. The second-order valence-corrected chi connectivity index (χ2v) is 11.1. The zero-order valence-electron chi connectivity index (χ0n) is 20.6. The first-order chi connectivity index (χ1) is 18.8. The molecule has 21 heteroatoms. The summed E-state index contributed by atoms with van der Waals surface area (Å²) < 4.78 is 33.5. The molecule has 40 heavy (non-hydrogen) atoms. The monoisotopic (exact) mass is 602 g/mol. The highest BCUT2D eigenvalue weighted by molar-refractivity contribution is 7.84. The number of anilines is 1. The summed E-state index contributed by atoms with van der Waals surface area (Å²) in [6.45, 7) is 0.0909. The van der Waals surface area contributed by atoms with E-state index in [9.17, 15) is 37.6 Å². The average molecular weight is 603 g/mol. The maximum Gasteiger partial charge on any atom is 0.362 e. The van der Waals surface area contributed by atoms with Crippen LogP contribution in [0.4, 0.5) is 5.13 Å². The first-order valence-electron chi connectivity index (χ1n) is 11.6. The van der Waals surface area contributed by atoms with Gasteiger partial charge in [-0.1, -0.05) is 5.16 Å². The van der Waals surface area contributed by atoms with Crippen molar-refractivity contribution in [2.24, 2.45) is 10.9 Å². The van der Waals surface area contributed by atoms with Crippen LogP contribution in [-0.4, -0.2) is 108 Å². The third kappa shape index (κ3) is 6.34. The molecule has 9 N–H and O–H groups in total. The Morgan fingerprint density at radius 1 is 1.38 bits per heavy atom. The second kappa shape index (κ2) is 11.4. The molecule has 2 aromatic rings. The number of carbonyl (C=O) groups is 3. The predicted molar refractivity (Wildman–Crippen MR) is 135 cm³/mol. The molecular formula is C19H26N10O9S2. The SMILES string of the molecule is NCC(O)CNCc1cnn(C[C@@H]2[C@H](NC(=O)/C(=N\OC3(C(=O)O)CC3)c3csc(N)n3)C(=O)N2S(=O)(=O)O)n1. The molecule has 19 nitrogen and oxygen atoms in total. The Bertz CT molecular complexity index is 1420. The van der Waals surface area contributed by atoms with Gasteiger partial charge in [-0.15, -0.1) is 11.3 Å². The number of carbonyl (C=O) groups excluding carboxylic acids is 2. The fourth-order valence-corrected chi connectivity index (χ4v) is 5.08. The number of rotatable bonds is 14. The molecule has 2 amide bonds. The van der Waals surface area contributed by atoms with Crippen molar-refractivity contribution in [3.8, 4) is 0 Å². The summed E-state index contributed by atoms with van der Waals surface area (Å²) >= 11 is 0.963. The number of nitrogens with two attached hydrogens (primary N) is 2. The van der Waals surface area contributed by atoms with Crippen LogP contribution in [0.1, 0.15) is 24.2 Å². The van der Waals surface area contributed by atoms with E-state index in [2.05, 4.69) is 31.0 Å². The highest BCUT2D eigenvalue weighted by Gasteiger charge is 2.56. The molecule has 218 valence electrons. The molecule has 1 aliphatic heterocycles. The van der Waals surface area contributed by atoms with Gasteiger partial charge in [-0.2, -0.15) is 23.4 Å². The quantitative estimate of drug-likeness (QED) is 0.0473. The smallest absolute Gasteiger partial charge is 0.362 e. The van der Waals surface area contributed by atoms with Crippen LogP contribution >= 0.6 is 11.3 Å². The van der Waals surface area contributed by atoms with Crippen LogP contribution in [0, 0.1) is 0 Å². The van der Waals surface area contributed by atoms with Crippen LogP contribution in [0.5, 0.6) is 0 Å². The molecule has 0 radical (unpaired) electrons. The Morgan fingerprint density at radius 2 is 2.10 bits per heavy atom. The number of β-lactam (4-membered cyclic amide) rings is 1. The van der Waals surface area contributed by atoms with E-state index in [1.807, 2.05) is 0 Å². The fourth-order valence-electron chi connectivity index (χ4n) is 3.66. The summed E-state index contributed by atoms with van der Waals surface area (Å²) in [4.78, 5) is 47.4. The number of aliphatic hydroxyl groups excluding tert-OH is 1. The van der Waals surface area contributed by atoms with Gasteiger partial charge in [0, 0.05) is 37.9 Å². The molecule has 0 spiro atoms. The number of aliphatic hydroxyl groups is 1. The van der Waals surface area contributed by atoms with Crippen LogP contribution in [0.3, 0.4) is 0 Å². The van der Waals surface area contributed by atoms with Crippen LogP contribution in [0.15, 0.2) is 16.7 Å². The van der Waals surface area contributed by atoms with Gasteiger partial charge in [0.25, 0.3) is 11.8 Å². The molecule has 1 unspecified atom stereocenters. The molecule has 0 aromatic carbocycles. The fraction of sp³-hybridized carbons (Fsp3) is 0.526. The van der Waals surface area contributed by atoms with E-state index < -0.39 is 57.6 Å². The predicted octanol–water partition coefficient (Wildman–Crippen LogP) is -3.74. The minimum absolute atomic E-state index is 0.0583. The minimum atomic E-state index is -5.01. The van der Waals surface area contributed by atoms with Gasteiger partial charge in [0.15, 0.2) is 10.8 Å². The van der Waals surface area contributed by atoms with Crippen LogP contribution in [-0.2, 0) is 42.6 Å². The van der Waals surface area contributed by atoms with Gasteiger partial charge >= 0.3 is 16.3 Å². The van der Waals surface area contributed by atoms with Crippen molar-refractivity contribution in [3.05, 3.63) is 23.0 Å². The highest BCUT2D eigenvalue weighted by atomic mass is 32.2. The van der Waals surface area contributed by atoms with E-state index in [-0.39, 0.29) is 54.2 Å². The summed E-state index contributed by atoms with van der Waals surface area (Å²) in [5, 5.41) is 37.4. The Kier molecular flexibility index (Phi) is 8.32. The summed E-state index contributed by atoms with van der Waals surface area (Å²) in [6, 6.07) is -2.81. The number of thiazole rings is 1. The van der Waals surface area contributed by atoms with Crippen molar-refractivity contribution in [1.82, 2.24) is 34.9 Å². The molecule has 1 aliphatic carbocycles. The molecule has 1 saturated carbocycles. The molecule has 1 saturated heterocycles. The van der Waals surface area contributed by atoms with Crippen molar-refractivity contribution in [1.29, 1.82) is 0 Å². The molecule has 0 bridgehead atoms. The topological polar surface area (TPSA) is 291 Å². The molecular weight excluding hydrogens is 576 g/mol. The summed E-state index contributed by atoms with van der Waals surface area (Å²) in [6.07, 6.45) is 0.920. The summed E-state index contributed by atoms with van der Waals surface area (Å²) in [5.41, 5.74) is 9.23. The number of oxime groups is 1. The van der Waals surface area contributed by atoms with Gasteiger partial charge in [-0.05, 0) is 0 Å². The largest absolute Gasteiger partial charge is 0.478 e. The van der Waals surface area contributed by atoms with E-state index in [0.29, 0.717) is 5.69 Å². The number of carboxylic acids is 1. The lowest BCUT2D eigenvalue weighted by Crippen LogP contribution is -2.73. The van der Waals surface area contributed by atoms with Gasteiger partial charge < -0.3 is 37.2 Å². The van der Waals surface area contributed by atoms with Crippen LogP contribution in [0.25, 0.3) is 0 Å². The normalized spacial score (nSPS) is 21.0. The molecule has 4 rings (SSSR count). The van der Waals surface area contributed by atoms with Gasteiger partial charge in [0.1, 0.15) is 17.8 Å². The van der Waals surface area contributed by atoms with E-state index >= 15 is 0 Å². The number of nitrogens with zero attached hydrogens (tertiary/aromatic N) is 6. The number of hydrogen-bond acceptors (Lipinski definition) is 15. The molecule has 2 aromatic heterocycles. The van der Waals surface area contributed by atoms with E-state index in [1.165, 1.54) is 11.6 Å². The lowest BCUT2D eigenvalue weighted by atomic mass is 9.98. The van der Waals surface area contributed by atoms with Crippen molar-refractivity contribution >= 4 is 50.3 Å². The number of nitrogen functional groups attached to an aromatic ring is 1. The number of aromatic nitrogens is 4. The lowest BCUT2D eigenvalue weighted by Gasteiger charge is -2.43. The minimum Gasteiger partial charge on any atom is -0.478 e. The number of carboxylic acid groups (broad SMARTS) is 1. The van der Waals surface area contributed by atoms with E-state index in [4.69, 9.17) is 16.3 Å². The molecule has 3 atom stereocenters. The van der Waals surface area contributed by atoms with Gasteiger partial charge in [0.05, 0.1) is 24.5 Å². The second-order valence-electron chi connectivity index (χ2n) is 8.94. The van der Waals surface area contributed by atoms with Crippen molar-refractivity contribution in [2.45, 2.75) is 49.7 Å². The summed E-state index contributed by atoms with van der Waals surface area (Å²) in [5.74, 6) is -3.46. The zero-order valence-corrected chi connectivity index (χ0v) is 22.2. The van der Waals surface area contributed by atoms with E-state index in [1.54, 1.807) is 0 Å². The Labute approximate surface area is 230 Å². The standard InChI is InChI=1S/C19H26N10O9S2/c20-3-10(30)6-22-4-9-5-23-28(26-9)7-12-14(16(32)29(12)40(35,36)37)25-15(31)13(11-8-39-18(21)24-11)27-38-19(1-2-19)17(33)34/h5,8,10,12,14,22,30H,1-4,6-7,20H2,(H2,21,24)(H,25,31)(H,33,34)(H,35,36,37)/b27-13-/t10?,12-,14+/m1/s1. The van der Waals surface area contributed by atoms with Crippen molar-refractivity contribution in [2.75, 3.05) is 18.8 Å². The van der Waals surface area contributed by atoms with Crippen LogP contribution in [0.2, 0.25) is 0 Å². The third-order valence-electron chi connectivity index (χ3n) is 5.98. The number of aliphatic carboxylic acids is 1. The molecule has 2 aliphatic rings. The zero-order chi connectivity index (χ0) is 29.2. The number of amides is 2. The van der Waals surface area contributed by atoms with Gasteiger partial charge in [0.2, 0.25) is 5.60 Å². The van der Waals surface area contributed by atoms with Crippen molar-refractivity contribution < 1.29 is 42.4 Å². The van der Waals surface area contributed by atoms with Gasteiger partial charge in [-0.25, -0.2) is 14.1 Å². The lowest BCUT2D eigenvalue weighted by molar-refractivity contribution is -0.153. The van der Waals surface area contributed by atoms with E-state index in [0.717, 1.165) is 16.1 Å².